The lowest BCUT2D eigenvalue weighted by Crippen LogP contribution is -2.46. The largest absolute Gasteiger partial charge is 0.493 e. The molecule has 0 aliphatic heterocycles. The average Bonchev–Trinajstić information content (AvgIpc) is 2.36. The molecule has 0 aliphatic rings. The summed E-state index contributed by atoms with van der Waals surface area (Å²) in [6.45, 7) is 6.36. The van der Waals surface area contributed by atoms with Crippen LogP contribution in [-0.4, -0.2) is 32.3 Å². The van der Waals surface area contributed by atoms with Crippen LogP contribution in [-0.2, 0) is 6.42 Å². The highest BCUT2D eigenvalue weighted by molar-refractivity contribution is 5.74. The van der Waals surface area contributed by atoms with Gasteiger partial charge < -0.3 is 20.1 Å². The maximum absolute atomic E-state index is 11.6. The molecule has 0 heterocycles. The molecule has 2 amide bonds. The molecular weight excluding hydrogens is 256 g/mol. The van der Waals surface area contributed by atoms with Gasteiger partial charge in [0.05, 0.1) is 14.2 Å². The molecule has 20 heavy (non-hydrogen) atoms. The smallest absolute Gasteiger partial charge is 0.315 e. The van der Waals surface area contributed by atoms with E-state index >= 15 is 0 Å². The van der Waals surface area contributed by atoms with E-state index in [0.717, 1.165) is 5.56 Å². The summed E-state index contributed by atoms with van der Waals surface area (Å²) in [5.41, 5.74) is 0.764. The molecule has 0 radical (unpaired) electrons. The van der Waals surface area contributed by atoms with Crippen LogP contribution < -0.4 is 20.1 Å². The summed E-state index contributed by atoms with van der Waals surface area (Å²) in [7, 11) is 3.22. The number of methoxy groups -OCH3 is 2. The Balaban J connectivity index is 2.56. The Morgan fingerprint density at radius 2 is 1.90 bits per heavy atom. The molecule has 1 aromatic carbocycles. The molecule has 5 heteroatoms. The summed E-state index contributed by atoms with van der Waals surface area (Å²) in [4.78, 5) is 11.6. The number of rotatable bonds is 5. The van der Waals surface area contributed by atoms with Crippen molar-refractivity contribution in [2.45, 2.75) is 32.7 Å². The normalized spacial score (nSPS) is 10.8. The van der Waals surface area contributed by atoms with Gasteiger partial charge in [-0.2, -0.15) is 0 Å². The van der Waals surface area contributed by atoms with E-state index in [9.17, 15) is 4.79 Å². The zero-order valence-corrected chi connectivity index (χ0v) is 12.9. The third-order valence-corrected chi connectivity index (χ3v) is 2.65. The lowest BCUT2D eigenvalue weighted by Gasteiger charge is -2.21. The molecule has 0 saturated carbocycles. The number of hydrogen-bond donors (Lipinski definition) is 2. The fourth-order valence-electron chi connectivity index (χ4n) is 1.85. The van der Waals surface area contributed by atoms with Gasteiger partial charge in [0, 0.05) is 12.1 Å². The molecule has 2 N–H and O–H groups in total. The molecule has 0 atom stereocenters. The molecule has 0 saturated heterocycles. The topological polar surface area (TPSA) is 59.6 Å². The van der Waals surface area contributed by atoms with Crippen molar-refractivity contribution in [3.05, 3.63) is 23.8 Å². The number of para-hydroxylation sites is 1. The average molecular weight is 280 g/mol. The van der Waals surface area contributed by atoms with Gasteiger partial charge in [0.2, 0.25) is 0 Å². The van der Waals surface area contributed by atoms with E-state index in [2.05, 4.69) is 10.6 Å². The van der Waals surface area contributed by atoms with E-state index in [4.69, 9.17) is 9.47 Å². The monoisotopic (exact) mass is 280 g/mol. The van der Waals surface area contributed by atoms with Crippen molar-refractivity contribution < 1.29 is 14.3 Å². The molecule has 0 fully saturated rings. The second kappa shape index (κ2) is 7.03. The van der Waals surface area contributed by atoms with E-state index in [0.29, 0.717) is 24.5 Å². The second-order valence-corrected chi connectivity index (χ2v) is 5.53. The van der Waals surface area contributed by atoms with Crippen LogP contribution in [0, 0.1) is 0 Å². The molecule has 1 rings (SSSR count). The first kappa shape index (κ1) is 16.1. The molecule has 1 aromatic rings. The maximum atomic E-state index is 11.6. The van der Waals surface area contributed by atoms with Gasteiger partial charge in [0.25, 0.3) is 0 Å². The number of ether oxygens (including phenoxy) is 2. The van der Waals surface area contributed by atoms with E-state index in [1.807, 2.05) is 39.0 Å². The van der Waals surface area contributed by atoms with Crippen LogP contribution >= 0.6 is 0 Å². The first-order chi connectivity index (χ1) is 9.37. The zero-order chi connectivity index (χ0) is 15.2. The van der Waals surface area contributed by atoms with Gasteiger partial charge in [-0.1, -0.05) is 12.1 Å². The van der Waals surface area contributed by atoms with Gasteiger partial charge in [-0.15, -0.1) is 0 Å². The third-order valence-electron chi connectivity index (χ3n) is 2.65. The Morgan fingerprint density at radius 1 is 1.20 bits per heavy atom. The van der Waals surface area contributed by atoms with Crippen LogP contribution in [0.5, 0.6) is 11.5 Å². The lowest BCUT2D eigenvalue weighted by molar-refractivity contribution is 0.232. The summed E-state index contributed by atoms with van der Waals surface area (Å²) < 4.78 is 10.6. The van der Waals surface area contributed by atoms with E-state index in [1.165, 1.54) is 0 Å². The zero-order valence-electron chi connectivity index (χ0n) is 12.9. The van der Waals surface area contributed by atoms with Crippen molar-refractivity contribution >= 4 is 6.03 Å². The van der Waals surface area contributed by atoms with Crippen LogP contribution in [0.2, 0.25) is 0 Å². The van der Waals surface area contributed by atoms with E-state index in [-0.39, 0.29) is 11.6 Å². The number of carbonyl (C=O) groups excluding carboxylic acids is 1. The minimum Gasteiger partial charge on any atom is -0.493 e. The number of urea groups is 1. The molecule has 0 aliphatic carbocycles. The Bertz CT molecular complexity index is 453. The van der Waals surface area contributed by atoms with E-state index < -0.39 is 0 Å². The minimum atomic E-state index is -0.238. The fraction of sp³-hybridized carbons (Fsp3) is 0.533. The minimum absolute atomic E-state index is 0.167. The Labute approximate surface area is 120 Å². The molecule has 0 aromatic heterocycles. The second-order valence-electron chi connectivity index (χ2n) is 5.53. The number of amides is 2. The number of carbonyl (C=O) groups is 1. The number of nitrogens with one attached hydrogen (secondary N) is 2. The lowest BCUT2D eigenvalue weighted by atomic mass is 10.1. The summed E-state index contributed by atoms with van der Waals surface area (Å²) in [5, 5.41) is 5.68. The summed E-state index contributed by atoms with van der Waals surface area (Å²) in [6, 6.07) is 5.55. The molecule has 112 valence electrons. The van der Waals surface area contributed by atoms with Gasteiger partial charge >= 0.3 is 6.03 Å². The highest BCUT2D eigenvalue weighted by Crippen LogP contribution is 2.30. The summed E-state index contributed by atoms with van der Waals surface area (Å²) in [5.74, 6) is 1.41. The van der Waals surface area contributed by atoms with Crippen molar-refractivity contribution in [1.29, 1.82) is 0 Å². The predicted octanol–water partition coefficient (Wildman–Crippen LogP) is 2.34. The first-order valence-corrected chi connectivity index (χ1v) is 6.63. The fourth-order valence-corrected chi connectivity index (χ4v) is 1.85. The molecule has 0 unspecified atom stereocenters. The highest BCUT2D eigenvalue weighted by atomic mass is 16.5. The van der Waals surface area contributed by atoms with Crippen LogP contribution in [0.3, 0.4) is 0 Å². The molecule has 5 nitrogen and oxygen atoms in total. The third kappa shape index (κ3) is 4.99. The van der Waals surface area contributed by atoms with Gasteiger partial charge in [-0.25, -0.2) is 4.79 Å². The van der Waals surface area contributed by atoms with Gasteiger partial charge in [0.1, 0.15) is 0 Å². The van der Waals surface area contributed by atoms with Crippen LogP contribution in [0.25, 0.3) is 0 Å². The Morgan fingerprint density at radius 3 is 2.45 bits per heavy atom. The first-order valence-electron chi connectivity index (χ1n) is 6.63. The molecular formula is C15H24N2O3. The van der Waals surface area contributed by atoms with Crippen molar-refractivity contribution in [3.63, 3.8) is 0 Å². The van der Waals surface area contributed by atoms with Crippen LogP contribution in [0.4, 0.5) is 4.79 Å². The molecule has 0 bridgehead atoms. The van der Waals surface area contributed by atoms with Crippen molar-refractivity contribution in [2.75, 3.05) is 20.8 Å². The Kier molecular flexibility index (Phi) is 5.67. The van der Waals surface area contributed by atoms with Crippen molar-refractivity contribution in [1.82, 2.24) is 10.6 Å². The standard InChI is InChI=1S/C15H24N2O3/c1-15(2,3)17-14(18)16-10-9-11-7-6-8-12(19-4)13(11)20-5/h6-8H,9-10H2,1-5H3,(H2,16,17,18). The summed E-state index contributed by atoms with van der Waals surface area (Å²) in [6.07, 6.45) is 0.679. The SMILES string of the molecule is COc1cccc(CCNC(=O)NC(C)(C)C)c1OC. The highest BCUT2D eigenvalue weighted by Gasteiger charge is 2.13. The Hall–Kier alpha value is -1.91. The van der Waals surface area contributed by atoms with Crippen molar-refractivity contribution in [2.24, 2.45) is 0 Å². The van der Waals surface area contributed by atoms with Gasteiger partial charge in [0.15, 0.2) is 11.5 Å². The van der Waals surface area contributed by atoms with Gasteiger partial charge in [-0.3, -0.25) is 0 Å². The van der Waals surface area contributed by atoms with Gasteiger partial charge in [-0.05, 0) is 38.8 Å². The number of benzene rings is 1. The predicted molar refractivity (Wildman–Crippen MR) is 79.5 cm³/mol. The quantitative estimate of drug-likeness (QED) is 0.870. The summed E-state index contributed by atoms with van der Waals surface area (Å²) >= 11 is 0. The number of hydrogen-bond acceptors (Lipinski definition) is 3. The van der Waals surface area contributed by atoms with E-state index in [1.54, 1.807) is 14.2 Å². The molecule has 0 spiro atoms. The maximum Gasteiger partial charge on any atom is 0.315 e. The van der Waals surface area contributed by atoms with Crippen LogP contribution in [0.1, 0.15) is 26.3 Å². The van der Waals surface area contributed by atoms with Crippen molar-refractivity contribution in [3.8, 4) is 11.5 Å². The van der Waals surface area contributed by atoms with Crippen LogP contribution in [0.15, 0.2) is 18.2 Å².